The minimum absolute atomic E-state index is 0.421. The Labute approximate surface area is 133 Å². The molecule has 0 unspecified atom stereocenters. The van der Waals surface area contributed by atoms with E-state index < -0.39 is 0 Å². The van der Waals surface area contributed by atoms with Crippen LogP contribution in [0.15, 0.2) is 22.7 Å². The van der Waals surface area contributed by atoms with Gasteiger partial charge in [-0.05, 0) is 24.6 Å². The Morgan fingerprint density at radius 1 is 1.48 bits per heavy atom. The highest BCUT2D eigenvalue weighted by Crippen LogP contribution is 2.35. The van der Waals surface area contributed by atoms with E-state index in [0.29, 0.717) is 18.1 Å². The van der Waals surface area contributed by atoms with E-state index >= 15 is 0 Å². The molecule has 0 atom stereocenters. The van der Waals surface area contributed by atoms with E-state index in [-0.39, 0.29) is 0 Å². The van der Waals surface area contributed by atoms with Crippen LogP contribution < -0.4 is 10.5 Å². The van der Waals surface area contributed by atoms with E-state index in [1.54, 1.807) is 7.11 Å². The molecule has 0 spiro atoms. The summed E-state index contributed by atoms with van der Waals surface area (Å²) in [5.41, 5.74) is 7.83. The van der Waals surface area contributed by atoms with Crippen LogP contribution in [0.3, 0.4) is 0 Å². The van der Waals surface area contributed by atoms with Crippen LogP contribution in [0.2, 0.25) is 0 Å². The molecule has 0 saturated heterocycles. The topological polar surface area (TPSA) is 53.1 Å². The molecule has 110 valence electrons. The summed E-state index contributed by atoms with van der Waals surface area (Å²) in [7, 11) is 1.63. The summed E-state index contributed by atoms with van der Waals surface area (Å²) in [4.78, 5) is 4.68. The Morgan fingerprint density at radius 3 is 2.86 bits per heavy atom. The van der Waals surface area contributed by atoms with Crippen molar-refractivity contribution in [1.29, 1.82) is 0 Å². The maximum absolute atomic E-state index is 6.26. The molecule has 1 heterocycles. The lowest BCUT2D eigenvalue weighted by Gasteiger charge is -2.08. The van der Waals surface area contributed by atoms with Gasteiger partial charge in [0.15, 0.2) is 0 Å². The Balaban J connectivity index is 2.62. The average molecular weight is 348 g/mol. The van der Waals surface area contributed by atoms with Crippen molar-refractivity contribution in [2.24, 2.45) is 0 Å². The largest absolute Gasteiger partial charge is 0.496 e. The summed E-state index contributed by atoms with van der Waals surface area (Å²) >= 11 is 3.47. The van der Waals surface area contributed by atoms with Crippen molar-refractivity contribution in [2.75, 3.05) is 12.8 Å². The fraction of sp³-hybridized carbons (Fsp3) is 0.312. The standard InChI is InChI=1S/C16H18BrN3O/c1-4-6-14-19-15(16(18)20(14)9-5-2)12-10-11(17)7-8-13(12)21-3/h2,7-8,10H,4,6,9,18H2,1,3H3. The zero-order valence-electron chi connectivity index (χ0n) is 12.2. The number of ether oxygens (including phenoxy) is 1. The first kappa shape index (κ1) is 15.5. The summed E-state index contributed by atoms with van der Waals surface area (Å²) in [5, 5.41) is 0. The molecular formula is C16H18BrN3O. The number of nitrogens with zero attached hydrogens (tertiary/aromatic N) is 2. The van der Waals surface area contributed by atoms with Crippen LogP contribution in [0, 0.1) is 12.3 Å². The van der Waals surface area contributed by atoms with Crippen LogP contribution >= 0.6 is 15.9 Å². The monoisotopic (exact) mass is 347 g/mol. The number of aryl methyl sites for hydroxylation is 1. The summed E-state index contributed by atoms with van der Waals surface area (Å²) in [6.07, 6.45) is 7.25. The minimum atomic E-state index is 0.421. The second-order valence-corrected chi connectivity index (χ2v) is 5.56. The molecule has 0 aliphatic rings. The first-order chi connectivity index (χ1) is 10.1. The van der Waals surface area contributed by atoms with Gasteiger partial charge in [-0.15, -0.1) is 6.42 Å². The van der Waals surface area contributed by atoms with E-state index in [0.717, 1.165) is 34.5 Å². The zero-order valence-corrected chi connectivity index (χ0v) is 13.8. The summed E-state index contributed by atoms with van der Waals surface area (Å²) < 4.78 is 8.25. The fourth-order valence-electron chi connectivity index (χ4n) is 2.26. The lowest BCUT2D eigenvalue weighted by molar-refractivity contribution is 0.416. The Bertz CT molecular complexity index is 686. The number of nitrogens with two attached hydrogens (primary N) is 1. The second-order valence-electron chi connectivity index (χ2n) is 4.65. The van der Waals surface area contributed by atoms with Crippen molar-refractivity contribution in [2.45, 2.75) is 26.3 Å². The molecule has 0 aliphatic carbocycles. The zero-order chi connectivity index (χ0) is 15.4. The van der Waals surface area contributed by atoms with Gasteiger partial charge in [-0.3, -0.25) is 0 Å². The predicted octanol–water partition coefficient (Wildman–Crippen LogP) is 3.49. The van der Waals surface area contributed by atoms with Crippen molar-refractivity contribution >= 4 is 21.7 Å². The number of anilines is 1. The number of rotatable bonds is 5. The highest BCUT2D eigenvalue weighted by molar-refractivity contribution is 9.10. The van der Waals surface area contributed by atoms with Gasteiger partial charge in [0.05, 0.1) is 13.7 Å². The van der Waals surface area contributed by atoms with E-state index in [4.69, 9.17) is 16.9 Å². The average Bonchev–Trinajstić information content (AvgIpc) is 2.77. The molecule has 0 aliphatic heterocycles. The molecule has 21 heavy (non-hydrogen) atoms. The number of aromatic nitrogens is 2. The van der Waals surface area contributed by atoms with Gasteiger partial charge in [-0.1, -0.05) is 28.8 Å². The first-order valence-corrected chi connectivity index (χ1v) is 7.53. The molecule has 4 nitrogen and oxygen atoms in total. The normalized spacial score (nSPS) is 10.4. The number of imidazole rings is 1. The maximum Gasteiger partial charge on any atom is 0.132 e. The number of hydrogen-bond donors (Lipinski definition) is 1. The predicted molar refractivity (Wildman–Crippen MR) is 89.2 cm³/mol. The molecule has 0 bridgehead atoms. The molecular weight excluding hydrogens is 330 g/mol. The molecule has 0 radical (unpaired) electrons. The fourth-order valence-corrected chi connectivity index (χ4v) is 2.62. The van der Waals surface area contributed by atoms with Crippen LogP contribution in [0.4, 0.5) is 5.82 Å². The van der Waals surface area contributed by atoms with Crippen molar-refractivity contribution in [3.63, 3.8) is 0 Å². The SMILES string of the molecule is C#CCn1c(CCC)nc(-c2cc(Br)ccc2OC)c1N. The molecule has 1 aromatic heterocycles. The van der Waals surface area contributed by atoms with Gasteiger partial charge >= 0.3 is 0 Å². The van der Waals surface area contributed by atoms with Crippen molar-refractivity contribution < 1.29 is 4.74 Å². The number of benzene rings is 1. The minimum Gasteiger partial charge on any atom is -0.496 e. The lowest BCUT2D eigenvalue weighted by Crippen LogP contribution is -2.06. The molecule has 5 heteroatoms. The Kier molecular flexibility index (Phi) is 4.92. The third kappa shape index (κ3) is 3.06. The first-order valence-electron chi connectivity index (χ1n) is 6.74. The van der Waals surface area contributed by atoms with Crippen molar-refractivity contribution in [3.8, 4) is 29.4 Å². The van der Waals surface area contributed by atoms with E-state index in [1.807, 2.05) is 22.8 Å². The van der Waals surface area contributed by atoms with Crippen LogP contribution in [0.25, 0.3) is 11.3 Å². The van der Waals surface area contributed by atoms with Gasteiger partial charge in [-0.2, -0.15) is 0 Å². The third-order valence-corrected chi connectivity index (χ3v) is 3.72. The quantitative estimate of drug-likeness (QED) is 0.842. The van der Waals surface area contributed by atoms with Crippen molar-refractivity contribution in [1.82, 2.24) is 9.55 Å². The van der Waals surface area contributed by atoms with Crippen LogP contribution in [0.1, 0.15) is 19.2 Å². The molecule has 2 aromatic rings. The van der Waals surface area contributed by atoms with Crippen LogP contribution in [-0.2, 0) is 13.0 Å². The molecule has 0 saturated carbocycles. The number of halogens is 1. The lowest BCUT2D eigenvalue weighted by atomic mass is 10.1. The Hall–Kier alpha value is -1.93. The van der Waals surface area contributed by atoms with Crippen LogP contribution in [-0.4, -0.2) is 16.7 Å². The summed E-state index contributed by atoms with van der Waals surface area (Å²) in [6, 6.07) is 5.76. The molecule has 1 aromatic carbocycles. The molecule has 0 fully saturated rings. The number of methoxy groups -OCH3 is 1. The number of terminal acetylenes is 1. The van der Waals surface area contributed by atoms with E-state index in [9.17, 15) is 0 Å². The molecule has 2 rings (SSSR count). The highest BCUT2D eigenvalue weighted by Gasteiger charge is 2.18. The maximum atomic E-state index is 6.26. The van der Waals surface area contributed by atoms with E-state index in [1.165, 1.54) is 0 Å². The van der Waals surface area contributed by atoms with Gasteiger partial charge in [0.1, 0.15) is 23.1 Å². The summed E-state index contributed by atoms with van der Waals surface area (Å²) in [6.45, 7) is 2.52. The highest BCUT2D eigenvalue weighted by atomic mass is 79.9. The van der Waals surface area contributed by atoms with Gasteiger partial charge in [-0.25, -0.2) is 4.98 Å². The number of nitrogen functional groups attached to an aromatic ring is 1. The van der Waals surface area contributed by atoms with Gasteiger partial charge < -0.3 is 15.0 Å². The third-order valence-electron chi connectivity index (χ3n) is 3.23. The molecule has 2 N–H and O–H groups in total. The Morgan fingerprint density at radius 2 is 2.24 bits per heavy atom. The van der Waals surface area contributed by atoms with Gasteiger partial charge in [0.25, 0.3) is 0 Å². The molecule has 0 amide bonds. The smallest absolute Gasteiger partial charge is 0.132 e. The second kappa shape index (κ2) is 6.68. The summed E-state index contributed by atoms with van der Waals surface area (Å²) in [5.74, 6) is 4.85. The van der Waals surface area contributed by atoms with E-state index in [2.05, 4.69) is 33.8 Å². The number of hydrogen-bond acceptors (Lipinski definition) is 3. The van der Waals surface area contributed by atoms with Gasteiger partial charge in [0.2, 0.25) is 0 Å². The van der Waals surface area contributed by atoms with Crippen LogP contribution in [0.5, 0.6) is 5.75 Å². The van der Waals surface area contributed by atoms with Crippen molar-refractivity contribution in [3.05, 3.63) is 28.5 Å². The van der Waals surface area contributed by atoms with Gasteiger partial charge in [0, 0.05) is 16.5 Å².